The Hall–Kier alpha value is -2.55. The van der Waals surface area contributed by atoms with Crippen molar-refractivity contribution in [3.8, 4) is 17.6 Å². The summed E-state index contributed by atoms with van der Waals surface area (Å²) in [5.41, 5.74) is 6.14. The Kier molecular flexibility index (Phi) is 9.21. The lowest BCUT2D eigenvalue weighted by molar-refractivity contribution is -0.140. The standard InChI is InChI=1S/C20H26FNO4/c1-14(9-12-18(22)23)13-26-17-11-10-15(2)16(20(17)21)7-5-4-6-8-19(24)25-3/h10-11,14H,4,6,8-9,12-13H2,1-3H3,(H2,22,23)/t14-/m0/s1. The first-order valence-electron chi connectivity index (χ1n) is 8.61. The van der Waals surface area contributed by atoms with E-state index in [1.54, 1.807) is 19.1 Å². The van der Waals surface area contributed by atoms with Crippen molar-refractivity contribution in [2.24, 2.45) is 11.7 Å². The Balaban J connectivity index is 2.67. The van der Waals surface area contributed by atoms with Gasteiger partial charge in [-0.05, 0) is 37.3 Å². The maximum atomic E-state index is 14.6. The van der Waals surface area contributed by atoms with Gasteiger partial charge in [0.2, 0.25) is 5.91 Å². The summed E-state index contributed by atoms with van der Waals surface area (Å²) in [4.78, 5) is 21.8. The summed E-state index contributed by atoms with van der Waals surface area (Å²) in [6.45, 7) is 3.98. The lowest BCUT2D eigenvalue weighted by atomic mass is 10.1. The van der Waals surface area contributed by atoms with Crippen molar-refractivity contribution in [2.75, 3.05) is 13.7 Å². The van der Waals surface area contributed by atoms with E-state index in [2.05, 4.69) is 16.6 Å². The monoisotopic (exact) mass is 363 g/mol. The van der Waals surface area contributed by atoms with E-state index in [-0.39, 0.29) is 30.0 Å². The number of methoxy groups -OCH3 is 1. The summed E-state index contributed by atoms with van der Waals surface area (Å²) in [5.74, 6) is 4.79. The predicted molar refractivity (Wildman–Crippen MR) is 97.0 cm³/mol. The largest absolute Gasteiger partial charge is 0.490 e. The predicted octanol–water partition coefficient (Wildman–Crippen LogP) is 3.11. The van der Waals surface area contributed by atoms with E-state index in [4.69, 9.17) is 10.5 Å². The van der Waals surface area contributed by atoms with E-state index >= 15 is 0 Å². The molecule has 1 aromatic rings. The van der Waals surface area contributed by atoms with Crippen molar-refractivity contribution >= 4 is 11.9 Å². The number of esters is 1. The normalized spacial score (nSPS) is 11.2. The Morgan fingerprint density at radius 2 is 2.04 bits per heavy atom. The Morgan fingerprint density at radius 3 is 2.69 bits per heavy atom. The zero-order chi connectivity index (χ0) is 19.5. The molecule has 0 fully saturated rings. The van der Waals surface area contributed by atoms with E-state index in [0.717, 1.165) is 5.56 Å². The number of carbonyl (C=O) groups is 2. The molecule has 2 N–H and O–H groups in total. The number of benzene rings is 1. The first kappa shape index (κ1) is 21.5. The highest BCUT2D eigenvalue weighted by Crippen LogP contribution is 2.24. The van der Waals surface area contributed by atoms with Crippen LogP contribution in [0.3, 0.4) is 0 Å². The molecule has 1 rings (SSSR count). The highest BCUT2D eigenvalue weighted by molar-refractivity contribution is 5.73. The van der Waals surface area contributed by atoms with Gasteiger partial charge in [-0.3, -0.25) is 9.59 Å². The van der Waals surface area contributed by atoms with Crippen LogP contribution in [0.5, 0.6) is 5.75 Å². The smallest absolute Gasteiger partial charge is 0.305 e. The number of primary amides is 1. The van der Waals surface area contributed by atoms with Crippen LogP contribution >= 0.6 is 0 Å². The van der Waals surface area contributed by atoms with E-state index in [1.807, 2.05) is 6.92 Å². The number of hydrogen-bond acceptors (Lipinski definition) is 4. The lowest BCUT2D eigenvalue weighted by Gasteiger charge is -2.14. The number of carbonyl (C=O) groups excluding carboxylic acids is 2. The van der Waals surface area contributed by atoms with E-state index < -0.39 is 5.82 Å². The Morgan fingerprint density at radius 1 is 1.31 bits per heavy atom. The molecule has 0 spiro atoms. The van der Waals surface area contributed by atoms with Crippen LogP contribution in [-0.2, 0) is 14.3 Å². The molecule has 0 heterocycles. The molecular formula is C20H26FNO4. The molecule has 0 radical (unpaired) electrons. The maximum absolute atomic E-state index is 14.6. The minimum Gasteiger partial charge on any atom is -0.490 e. The van der Waals surface area contributed by atoms with Gasteiger partial charge in [0.25, 0.3) is 0 Å². The molecule has 0 aliphatic rings. The van der Waals surface area contributed by atoms with Gasteiger partial charge >= 0.3 is 5.97 Å². The van der Waals surface area contributed by atoms with Gasteiger partial charge in [-0.2, -0.15) is 0 Å². The van der Waals surface area contributed by atoms with Crippen LogP contribution in [0.4, 0.5) is 4.39 Å². The third-order valence-corrected chi connectivity index (χ3v) is 3.85. The summed E-state index contributed by atoms with van der Waals surface area (Å²) in [5, 5.41) is 0. The van der Waals surface area contributed by atoms with Gasteiger partial charge in [0.1, 0.15) is 0 Å². The second kappa shape index (κ2) is 11.1. The number of amides is 1. The Labute approximate surface area is 154 Å². The van der Waals surface area contributed by atoms with Gasteiger partial charge in [-0.25, -0.2) is 4.39 Å². The van der Waals surface area contributed by atoms with Gasteiger partial charge in [0.15, 0.2) is 11.6 Å². The number of aryl methyl sites for hydroxylation is 1. The van der Waals surface area contributed by atoms with Crippen molar-refractivity contribution in [3.63, 3.8) is 0 Å². The fourth-order valence-electron chi connectivity index (χ4n) is 2.20. The minimum absolute atomic E-state index is 0.0797. The summed E-state index contributed by atoms with van der Waals surface area (Å²) in [6, 6.07) is 3.33. The molecule has 1 amide bonds. The summed E-state index contributed by atoms with van der Waals surface area (Å²) >= 11 is 0. The molecule has 0 aliphatic carbocycles. The molecule has 142 valence electrons. The lowest BCUT2D eigenvalue weighted by Crippen LogP contribution is -2.15. The van der Waals surface area contributed by atoms with Gasteiger partial charge < -0.3 is 15.2 Å². The second-order valence-electron chi connectivity index (χ2n) is 6.22. The van der Waals surface area contributed by atoms with E-state index in [0.29, 0.717) is 37.9 Å². The van der Waals surface area contributed by atoms with Crippen LogP contribution in [-0.4, -0.2) is 25.6 Å². The van der Waals surface area contributed by atoms with Crippen molar-refractivity contribution in [1.82, 2.24) is 0 Å². The van der Waals surface area contributed by atoms with Crippen molar-refractivity contribution in [2.45, 2.75) is 46.0 Å². The number of ether oxygens (including phenoxy) is 2. The molecule has 0 aliphatic heterocycles. The van der Waals surface area contributed by atoms with Crippen LogP contribution in [0.1, 0.15) is 50.2 Å². The van der Waals surface area contributed by atoms with E-state index in [9.17, 15) is 14.0 Å². The second-order valence-corrected chi connectivity index (χ2v) is 6.22. The van der Waals surface area contributed by atoms with Gasteiger partial charge in [0.05, 0.1) is 19.3 Å². The first-order chi connectivity index (χ1) is 12.3. The third kappa shape index (κ3) is 7.56. The first-order valence-corrected chi connectivity index (χ1v) is 8.61. The van der Waals surface area contributed by atoms with Crippen LogP contribution < -0.4 is 10.5 Å². The molecule has 0 saturated heterocycles. The van der Waals surface area contributed by atoms with Gasteiger partial charge in [-0.15, -0.1) is 0 Å². The molecule has 5 nitrogen and oxygen atoms in total. The molecule has 6 heteroatoms. The number of unbranched alkanes of at least 4 members (excludes halogenated alkanes) is 1. The van der Waals surface area contributed by atoms with Crippen LogP contribution in [0.15, 0.2) is 12.1 Å². The van der Waals surface area contributed by atoms with Gasteiger partial charge in [-0.1, -0.05) is 24.8 Å². The topological polar surface area (TPSA) is 78.6 Å². The highest BCUT2D eigenvalue weighted by Gasteiger charge is 2.13. The van der Waals surface area contributed by atoms with Gasteiger partial charge in [0, 0.05) is 19.3 Å². The molecule has 1 atom stereocenters. The van der Waals surface area contributed by atoms with Crippen molar-refractivity contribution in [3.05, 3.63) is 29.1 Å². The molecule has 1 aromatic carbocycles. The quantitative estimate of drug-likeness (QED) is 0.415. The average molecular weight is 363 g/mol. The maximum Gasteiger partial charge on any atom is 0.305 e. The molecule has 0 bridgehead atoms. The highest BCUT2D eigenvalue weighted by atomic mass is 19.1. The SMILES string of the molecule is COC(=O)CCCC#Cc1c(C)ccc(OC[C@@H](C)CCC(N)=O)c1F. The summed E-state index contributed by atoms with van der Waals surface area (Å²) in [7, 11) is 1.34. The van der Waals surface area contributed by atoms with Crippen molar-refractivity contribution in [1.29, 1.82) is 0 Å². The zero-order valence-corrected chi connectivity index (χ0v) is 15.6. The molecule has 0 aromatic heterocycles. The fraction of sp³-hybridized carbons (Fsp3) is 0.500. The average Bonchev–Trinajstić information content (AvgIpc) is 2.61. The third-order valence-electron chi connectivity index (χ3n) is 3.85. The van der Waals surface area contributed by atoms with E-state index in [1.165, 1.54) is 7.11 Å². The molecule has 0 saturated carbocycles. The summed E-state index contributed by atoms with van der Waals surface area (Å²) < 4.78 is 24.7. The number of rotatable bonds is 9. The minimum atomic E-state index is -0.493. The van der Waals surface area contributed by atoms with Crippen LogP contribution in [0.2, 0.25) is 0 Å². The summed E-state index contributed by atoms with van der Waals surface area (Å²) in [6.07, 6.45) is 2.20. The molecule has 26 heavy (non-hydrogen) atoms. The number of halogens is 1. The Bertz CT molecular complexity index is 691. The number of nitrogens with two attached hydrogens (primary N) is 1. The van der Waals surface area contributed by atoms with Crippen LogP contribution in [0.25, 0.3) is 0 Å². The molecular weight excluding hydrogens is 337 g/mol. The molecule has 0 unspecified atom stereocenters. The fourth-order valence-corrected chi connectivity index (χ4v) is 2.20. The van der Waals surface area contributed by atoms with Crippen LogP contribution in [0, 0.1) is 30.5 Å². The van der Waals surface area contributed by atoms with Crippen molar-refractivity contribution < 1.29 is 23.5 Å². The number of hydrogen-bond donors (Lipinski definition) is 1. The zero-order valence-electron chi connectivity index (χ0n) is 15.6.